The second-order valence-electron chi connectivity index (χ2n) is 4.13. The van der Waals surface area contributed by atoms with Crippen LogP contribution in [0.4, 0.5) is 4.39 Å². The Labute approximate surface area is 132 Å². The van der Waals surface area contributed by atoms with Gasteiger partial charge in [0.25, 0.3) is 0 Å². The van der Waals surface area contributed by atoms with Gasteiger partial charge in [-0.25, -0.2) is 4.39 Å². The molecule has 2 aromatic carbocycles. The summed E-state index contributed by atoms with van der Waals surface area (Å²) in [6.07, 6.45) is 0. The van der Waals surface area contributed by atoms with Crippen LogP contribution in [-0.2, 0) is 6.61 Å². The number of ether oxygens (including phenoxy) is 1. The lowest BCUT2D eigenvalue weighted by atomic mass is 10.1. The van der Waals surface area contributed by atoms with Crippen LogP contribution in [0, 0.1) is 11.2 Å². The van der Waals surface area contributed by atoms with Crippen LogP contribution in [-0.4, -0.2) is 5.84 Å². The molecule has 0 amide bonds. The molecule has 0 aliphatic rings. The Kier molecular flexibility index (Phi) is 4.77. The van der Waals surface area contributed by atoms with E-state index in [4.69, 9.17) is 15.9 Å². The number of nitrogen functional groups attached to an aromatic ring is 1. The van der Waals surface area contributed by atoms with Gasteiger partial charge in [-0.05, 0) is 57.9 Å². The van der Waals surface area contributed by atoms with Crippen LogP contribution in [0.2, 0.25) is 0 Å². The first-order valence-corrected chi connectivity index (χ1v) is 7.26. The summed E-state index contributed by atoms with van der Waals surface area (Å²) in [6.45, 7) is 0.193. The lowest BCUT2D eigenvalue weighted by molar-refractivity contribution is 0.303. The summed E-state index contributed by atoms with van der Waals surface area (Å²) in [4.78, 5) is 0. The Morgan fingerprint density at radius 3 is 2.60 bits per heavy atom. The van der Waals surface area contributed by atoms with Gasteiger partial charge >= 0.3 is 0 Å². The van der Waals surface area contributed by atoms with Crippen LogP contribution in [0.15, 0.2) is 45.3 Å². The van der Waals surface area contributed by atoms with Crippen molar-refractivity contribution in [2.24, 2.45) is 5.73 Å². The highest BCUT2D eigenvalue weighted by atomic mass is 79.9. The number of hydrogen-bond donors (Lipinski definition) is 2. The van der Waals surface area contributed by atoms with Gasteiger partial charge in [-0.2, -0.15) is 0 Å². The molecule has 2 aromatic rings. The van der Waals surface area contributed by atoms with Gasteiger partial charge in [0.1, 0.15) is 24.0 Å². The van der Waals surface area contributed by atoms with Crippen molar-refractivity contribution < 1.29 is 9.13 Å². The minimum absolute atomic E-state index is 0.171. The van der Waals surface area contributed by atoms with Crippen LogP contribution < -0.4 is 10.5 Å². The summed E-state index contributed by atoms with van der Waals surface area (Å²) in [5, 5.41) is 7.34. The van der Waals surface area contributed by atoms with Crippen LogP contribution in [0.25, 0.3) is 0 Å². The maximum absolute atomic E-state index is 13.4. The number of nitrogens with one attached hydrogen (secondary N) is 1. The van der Waals surface area contributed by atoms with E-state index in [0.29, 0.717) is 16.9 Å². The fourth-order valence-corrected chi connectivity index (χ4v) is 2.80. The third kappa shape index (κ3) is 3.80. The molecular formula is C14H11Br2FN2O. The van der Waals surface area contributed by atoms with E-state index in [0.717, 1.165) is 8.95 Å². The van der Waals surface area contributed by atoms with Gasteiger partial charge in [0, 0.05) is 10.0 Å². The zero-order valence-electron chi connectivity index (χ0n) is 10.3. The molecule has 6 heteroatoms. The number of amidine groups is 1. The highest BCUT2D eigenvalue weighted by molar-refractivity contribution is 9.11. The van der Waals surface area contributed by atoms with Crippen molar-refractivity contribution in [1.82, 2.24) is 0 Å². The molecule has 0 heterocycles. The number of rotatable bonds is 4. The van der Waals surface area contributed by atoms with E-state index in [1.165, 1.54) is 12.1 Å². The first-order chi connectivity index (χ1) is 9.45. The van der Waals surface area contributed by atoms with Gasteiger partial charge in [0.2, 0.25) is 0 Å². The van der Waals surface area contributed by atoms with Crippen LogP contribution in [0.5, 0.6) is 5.75 Å². The lowest BCUT2D eigenvalue weighted by Gasteiger charge is -2.10. The SMILES string of the molecule is N=C(N)c1cc(F)cc(COc2ccc(Br)cc2Br)c1. The Balaban J connectivity index is 2.16. The van der Waals surface area contributed by atoms with E-state index in [1.807, 2.05) is 12.1 Å². The summed E-state index contributed by atoms with van der Waals surface area (Å²) in [7, 11) is 0. The van der Waals surface area contributed by atoms with E-state index in [-0.39, 0.29) is 12.4 Å². The van der Waals surface area contributed by atoms with E-state index in [9.17, 15) is 4.39 Å². The van der Waals surface area contributed by atoms with Gasteiger partial charge in [0.05, 0.1) is 4.47 Å². The maximum atomic E-state index is 13.4. The molecule has 0 aliphatic heterocycles. The van der Waals surface area contributed by atoms with Crippen molar-refractivity contribution in [3.63, 3.8) is 0 Å². The summed E-state index contributed by atoms with van der Waals surface area (Å²) < 4.78 is 20.8. The Hall–Kier alpha value is -1.40. The van der Waals surface area contributed by atoms with E-state index >= 15 is 0 Å². The first kappa shape index (κ1) is 15.0. The zero-order valence-corrected chi connectivity index (χ0v) is 13.5. The largest absolute Gasteiger partial charge is 0.488 e. The lowest BCUT2D eigenvalue weighted by Crippen LogP contribution is -2.12. The predicted octanol–water partition coefficient (Wildman–Crippen LogP) is 4.21. The van der Waals surface area contributed by atoms with Gasteiger partial charge in [-0.3, -0.25) is 5.41 Å². The summed E-state index contributed by atoms with van der Waals surface area (Å²) in [6, 6.07) is 9.74. The molecule has 0 radical (unpaired) electrons. The minimum Gasteiger partial charge on any atom is -0.488 e. The normalized spacial score (nSPS) is 10.3. The quantitative estimate of drug-likeness (QED) is 0.595. The second-order valence-corrected chi connectivity index (χ2v) is 5.90. The molecule has 0 aliphatic carbocycles. The fraction of sp³-hybridized carbons (Fsp3) is 0.0714. The van der Waals surface area contributed by atoms with Crippen molar-refractivity contribution in [3.05, 3.63) is 62.3 Å². The molecular weight excluding hydrogens is 391 g/mol. The highest BCUT2D eigenvalue weighted by Crippen LogP contribution is 2.28. The molecule has 20 heavy (non-hydrogen) atoms. The Morgan fingerprint density at radius 2 is 1.95 bits per heavy atom. The van der Waals surface area contributed by atoms with Crippen molar-refractivity contribution in [2.75, 3.05) is 0 Å². The molecule has 0 aromatic heterocycles. The molecule has 0 saturated carbocycles. The van der Waals surface area contributed by atoms with Gasteiger partial charge < -0.3 is 10.5 Å². The third-order valence-electron chi connectivity index (χ3n) is 2.56. The number of benzene rings is 2. The van der Waals surface area contributed by atoms with Crippen molar-refractivity contribution in [2.45, 2.75) is 6.61 Å². The van der Waals surface area contributed by atoms with Crippen LogP contribution >= 0.6 is 31.9 Å². The standard InChI is InChI=1S/C14H11Br2FN2O/c15-10-1-2-13(12(16)6-10)20-7-8-3-9(14(18)19)5-11(17)4-8/h1-6H,7H2,(H3,18,19). The fourth-order valence-electron chi connectivity index (χ4n) is 1.64. The molecule has 0 fully saturated rings. The summed E-state index contributed by atoms with van der Waals surface area (Å²) in [5.41, 5.74) is 6.32. The first-order valence-electron chi connectivity index (χ1n) is 5.67. The van der Waals surface area contributed by atoms with Gasteiger partial charge in [0.15, 0.2) is 0 Å². The molecule has 0 bridgehead atoms. The third-order valence-corrected chi connectivity index (χ3v) is 3.67. The van der Waals surface area contributed by atoms with Crippen molar-refractivity contribution in [3.8, 4) is 5.75 Å². The molecule has 3 nitrogen and oxygen atoms in total. The molecule has 2 rings (SSSR count). The Bertz CT molecular complexity index is 662. The molecule has 0 atom stereocenters. The van der Waals surface area contributed by atoms with E-state index in [1.54, 1.807) is 12.1 Å². The minimum atomic E-state index is -0.439. The Morgan fingerprint density at radius 1 is 1.20 bits per heavy atom. The van der Waals surface area contributed by atoms with E-state index < -0.39 is 5.82 Å². The predicted molar refractivity (Wildman–Crippen MR) is 83.6 cm³/mol. The topological polar surface area (TPSA) is 59.1 Å². The highest BCUT2D eigenvalue weighted by Gasteiger charge is 2.06. The van der Waals surface area contributed by atoms with Crippen LogP contribution in [0.3, 0.4) is 0 Å². The number of halogens is 3. The van der Waals surface area contributed by atoms with Crippen molar-refractivity contribution in [1.29, 1.82) is 5.41 Å². The van der Waals surface area contributed by atoms with Gasteiger partial charge in [-0.15, -0.1) is 0 Å². The average molecular weight is 402 g/mol. The average Bonchev–Trinajstić information content (AvgIpc) is 2.37. The van der Waals surface area contributed by atoms with Crippen molar-refractivity contribution >= 4 is 37.7 Å². The van der Waals surface area contributed by atoms with E-state index in [2.05, 4.69) is 31.9 Å². The zero-order chi connectivity index (χ0) is 14.7. The molecule has 0 unspecified atom stereocenters. The molecule has 3 N–H and O–H groups in total. The summed E-state index contributed by atoms with van der Waals surface area (Å²) >= 11 is 6.74. The van der Waals surface area contributed by atoms with Crippen LogP contribution in [0.1, 0.15) is 11.1 Å². The smallest absolute Gasteiger partial charge is 0.134 e. The van der Waals surface area contributed by atoms with Gasteiger partial charge in [-0.1, -0.05) is 15.9 Å². The molecule has 0 spiro atoms. The maximum Gasteiger partial charge on any atom is 0.134 e. The number of hydrogen-bond acceptors (Lipinski definition) is 2. The number of nitrogens with two attached hydrogens (primary N) is 1. The monoisotopic (exact) mass is 400 g/mol. The molecule has 0 saturated heterocycles. The second kappa shape index (κ2) is 6.37. The summed E-state index contributed by atoms with van der Waals surface area (Å²) in [5.74, 6) is 0.0450. The molecule has 104 valence electrons.